The van der Waals surface area contributed by atoms with Gasteiger partial charge < -0.3 is 10.8 Å². The number of carboxylic acids is 1. The molecule has 0 heterocycles. The Hall–Kier alpha value is -0.280. The Balaban J connectivity index is 0.00000144. The van der Waals surface area contributed by atoms with E-state index in [9.17, 15) is 4.79 Å². The van der Waals surface area contributed by atoms with E-state index < -0.39 is 11.4 Å². The Morgan fingerprint density at radius 1 is 1.62 bits per heavy atom. The minimum atomic E-state index is -0.676. The van der Waals surface area contributed by atoms with Gasteiger partial charge in [-0.1, -0.05) is 13.8 Å². The summed E-state index contributed by atoms with van der Waals surface area (Å²) in [5.74, 6) is -0.492. The maximum Gasteiger partial charge on any atom is 0.309 e. The highest BCUT2D eigenvalue weighted by molar-refractivity contribution is 5.85. The molecule has 0 aromatic rings. The lowest BCUT2D eigenvalue weighted by atomic mass is 9.75. The molecule has 1 aliphatic rings. The van der Waals surface area contributed by atoms with Gasteiger partial charge in [-0.3, -0.25) is 4.79 Å². The summed E-state index contributed by atoms with van der Waals surface area (Å²) in [5, 5.41) is 9.10. The molecule has 13 heavy (non-hydrogen) atoms. The fraction of sp³-hybridized carbons (Fsp3) is 0.889. The van der Waals surface area contributed by atoms with Crippen molar-refractivity contribution in [3.8, 4) is 0 Å². The van der Waals surface area contributed by atoms with Crippen molar-refractivity contribution in [2.75, 3.05) is 0 Å². The van der Waals surface area contributed by atoms with Crippen molar-refractivity contribution in [1.29, 1.82) is 0 Å². The predicted octanol–water partition coefficient (Wildman–Crippen LogP) is 1.65. The van der Waals surface area contributed by atoms with Crippen LogP contribution in [0.25, 0.3) is 0 Å². The van der Waals surface area contributed by atoms with Gasteiger partial charge in [0.05, 0.1) is 5.41 Å². The molecular formula is C9H18ClNO2. The topological polar surface area (TPSA) is 63.3 Å². The Kier molecular flexibility index (Phi) is 4.20. The third-order valence-corrected chi connectivity index (χ3v) is 3.12. The molecule has 1 saturated carbocycles. The Morgan fingerprint density at radius 3 is 2.31 bits per heavy atom. The number of nitrogens with two attached hydrogens (primary N) is 1. The molecule has 0 amide bonds. The summed E-state index contributed by atoms with van der Waals surface area (Å²) in [6.07, 6.45) is 2.23. The highest BCUT2D eigenvalue weighted by atomic mass is 35.5. The molecule has 1 aliphatic carbocycles. The molecule has 0 aromatic heterocycles. The standard InChI is InChI=1S/C9H17NO2.ClH/c1-6(2)9(8(11)12)4-3-7(10)5-9;/h6-7H,3-5,10H2,1-2H3,(H,11,12);1H/t7-,9+;/m1./s1. The van der Waals surface area contributed by atoms with Gasteiger partial charge in [0, 0.05) is 6.04 Å². The fourth-order valence-electron chi connectivity index (χ4n) is 2.08. The lowest BCUT2D eigenvalue weighted by molar-refractivity contribution is -0.151. The van der Waals surface area contributed by atoms with Crippen molar-refractivity contribution in [1.82, 2.24) is 0 Å². The van der Waals surface area contributed by atoms with Gasteiger partial charge in [-0.15, -0.1) is 12.4 Å². The van der Waals surface area contributed by atoms with Crippen molar-refractivity contribution in [3.05, 3.63) is 0 Å². The van der Waals surface area contributed by atoms with Gasteiger partial charge in [0.15, 0.2) is 0 Å². The largest absolute Gasteiger partial charge is 0.481 e. The van der Waals surface area contributed by atoms with Gasteiger partial charge in [0.2, 0.25) is 0 Å². The molecule has 0 spiro atoms. The van der Waals surface area contributed by atoms with E-state index in [1.54, 1.807) is 0 Å². The lowest BCUT2D eigenvalue weighted by Gasteiger charge is -2.28. The van der Waals surface area contributed by atoms with Crippen molar-refractivity contribution in [2.24, 2.45) is 17.1 Å². The molecule has 1 rings (SSSR count). The zero-order valence-electron chi connectivity index (χ0n) is 8.12. The molecular weight excluding hydrogens is 190 g/mol. The van der Waals surface area contributed by atoms with Gasteiger partial charge in [-0.05, 0) is 25.2 Å². The molecule has 0 bridgehead atoms. The first-order valence-corrected chi connectivity index (χ1v) is 4.48. The van der Waals surface area contributed by atoms with Crippen LogP contribution in [0.3, 0.4) is 0 Å². The number of hydrogen-bond donors (Lipinski definition) is 2. The van der Waals surface area contributed by atoms with Crippen molar-refractivity contribution in [2.45, 2.75) is 39.2 Å². The molecule has 3 N–H and O–H groups in total. The second kappa shape index (κ2) is 4.29. The quantitative estimate of drug-likeness (QED) is 0.724. The summed E-state index contributed by atoms with van der Waals surface area (Å²) in [7, 11) is 0. The van der Waals surface area contributed by atoms with Crippen molar-refractivity contribution < 1.29 is 9.90 Å². The molecule has 78 valence electrons. The van der Waals surface area contributed by atoms with E-state index in [1.807, 2.05) is 13.8 Å². The van der Waals surface area contributed by atoms with Gasteiger partial charge in [-0.25, -0.2) is 0 Å². The Morgan fingerprint density at radius 2 is 2.15 bits per heavy atom. The van der Waals surface area contributed by atoms with Crippen LogP contribution in [0.4, 0.5) is 0 Å². The van der Waals surface area contributed by atoms with E-state index in [0.29, 0.717) is 6.42 Å². The van der Waals surface area contributed by atoms with Crippen LogP contribution >= 0.6 is 12.4 Å². The minimum Gasteiger partial charge on any atom is -0.481 e. The molecule has 0 saturated heterocycles. The van der Waals surface area contributed by atoms with Gasteiger partial charge in [0.25, 0.3) is 0 Å². The number of aliphatic carboxylic acids is 1. The summed E-state index contributed by atoms with van der Waals surface area (Å²) in [5.41, 5.74) is 5.18. The molecule has 0 aromatic carbocycles. The van der Waals surface area contributed by atoms with E-state index in [4.69, 9.17) is 10.8 Å². The van der Waals surface area contributed by atoms with E-state index in [1.165, 1.54) is 0 Å². The zero-order valence-corrected chi connectivity index (χ0v) is 8.93. The first-order valence-electron chi connectivity index (χ1n) is 4.48. The molecule has 4 heteroatoms. The van der Waals surface area contributed by atoms with E-state index in [2.05, 4.69) is 0 Å². The second-order valence-corrected chi connectivity index (χ2v) is 4.12. The SMILES string of the molecule is CC(C)[C@]1(C(=O)O)CC[C@@H](N)C1.Cl. The van der Waals surface area contributed by atoms with Gasteiger partial charge in [-0.2, -0.15) is 0 Å². The predicted molar refractivity (Wildman–Crippen MR) is 54.0 cm³/mol. The van der Waals surface area contributed by atoms with Crippen LogP contribution < -0.4 is 5.73 Å². The number of carbonyl (C=O) groups is 1. The number of carboxylic acid groups (broad SMARTS) is 1. The van der Waals surface area contributed by atoms with Gasteiger partial charge >= 0.3 is 5.97 Å². The highest BCUT2D eigenvalue weighted by Gasteiger charge is 2.46. The average molecular weight is 208 g/mol. The van der Waals surface area contributed by atoms with Crippen LogP contribution in [0.5, 0.6) is 0 Å². The summed E-state index contributed by atoms with van der Waals surface area (Å²) in [6, 6.07) is 0.0866. The first-order chi connectivity index (χ1) is 5.49. The summed E-state index contributed by atoms with van der Waals surface area (Å²) in [4.78, 5) is 11.1. The minimum absolute atomic E-state index is 0. The molecule has 0 unspecified atom stereocenters. The van der Waals surface area contributed by atoms with Crippen LogP contribution in [0.15, 0.2) is 0 Å². The third-order valence-electron chi connectivity index (χ3n) is 3.12. The van der Waals surface area contributed by atoms with Crippen LogP contribution in [0.2, 0.25) is 0 Å². The normalized spacial score (nSPS) is 33.1. The summed E-state index contributed by atoms with van der Waals surface area (Å²) < 4.78 is 0. The van der Waals surface area contributed by atoms with Crippen LogP contribution in [-0.4, -0.2) is 17.1 Å². The van der Waals surface area contributed by atoms with E-state index in [-0.39, 0.29) is 24.4 Å². The number of halogens is 1. The number of hydrogen-bond acceptors (Lipinski definition) is 2. The maximum atomic E-state index is 11.1. The van der Waals surface area contributed by atoms with E-state index in [0.717, 1.165) is 12.8 Å². The van der Waals surface area contributed by atoms with Crippen LogP contribution in [0.1, 0.15) is 33.1 Å². The van der Waals surface area contributed by atoms with E-state index >= 15 is 0 Å². The Labute approximate surface area is 85.1 Å². The molecule has 0 radical (unpaired) electrons. The third kappa shape index (κ3) is 2.15. The van der Waals surface area contributed by atoms with Gasteiger partial charge in [0.1, 0.15) is 0 Å². The van der Waals surface area contributed by atoms with Crippen LogP contribution in [0, 0.1) is 11.3 Å². The van der Waals surface area contributed by atoms with Crippen LogP contribution in [-0.2, 0) is 4.79 Å². The fourth-order valence-corrected chi connectivity index (χ4v) is 2.08. The molecule has 2 atom stereocenters. The monoisotopic (exact) mass is 207 g/mol. The average Bonchev–Trinajstić information content (AvgIpc) is 2.32. The molecule has 3 nitrogen and oxygen atoms in total. The maximum absolute atomic E-state index is 11.1. The lowest BCUT2D eigenvalue weighted by Crippen LogP contribution is -2.35. The second-order valence-electron chi connectivity index (χ2n) is 4.12. The smallest absolute Gasteiger partial charge is 0.309 e. The first kappa shape index (κ1) is 12.7. The summed E-state index contributed by atoms with van der Waals surface area (Å²) in [6.45, 7) is 3.93. The van der Waals surface area contributed by atoms with Crippen molar-refractivity contribution >= 4 is 18.4 Å². The van der Waals surface area contributed by atoms with Crippen molar-refractivity contribution in [3.63, 3.8) is 0 Å². The molecule has 0 aliphatic heterocycles. The highest BCUT2D eigenvalue weighted by Crippen LogP contribution is 2.43. The Bertz CT molecular complexity index is 196. The summed E-state index contributed by atoms with van der Waals surface area (Å²) >= 11 is 0. The zero-order chi connectivity index (χ0) is 9.35. The molecule has 1 fully saturated rings. The number of rotatable bonds is 2.